The Balaban J connectivity index is 1.87. The molecule has 0 unspecified atom stereocenters. The first-order valence-electron chi connectivity index (χ1n) is 6.39. The van der Waals surface area contributed by atoms with Crippen molar-refractivity contribution in [2.45, 2.75) is 19.6 Å². The maximum absolute atomic E-state index is 12.0. The Morgan fingerprint density at radius 3 is 2.50 bits per heavy atom. The van der Waals surface area contributed by atoms with E-state index in [2.05, 4.69) is 5.32 Å². The van der Waals surface area contributed by atoms with Gasteiger partial charge >= 0.3 is 0 Å². The van der Waals surface area contributed by atoms with Gasteiger partial charge in [-0.1, -0.05) is 48.0 Å². The highest BCUT2D eigenvalue weighted by molar-refractivity contribution is 6.31. The average molecular weight is 290 g/mol. The first-order chi connectivity index (χ1) is 9.66. The van der Waals surface area contributed by atoms with Crippen LogP contribution in [-0.4, -0.2) is 12.0 Å². The molecule has 2 aromatic carbocycles. The van der Waals surface area contributed by atoms with E-state index in [-0.39, 0.29) is 5.91 Å². The fourth-order valence-corrected chi connectivity index (χ4v) is 1.93. The second-order valence-corrected chi connectivity index (χ2v) is 4.79. The minimum absolute atomic E-state index is 0.172. The van der Waals surface area contributed by atoms with Crippen LogP contribution in [0.3, 0.4) is 0 Å². The Labute approximate surface area is 123 Å². The molecule has 0 saturated heterocycles. The summed E-state index contributed by atoms with van der Waals surface area (Å²) in [5.41, 5.74) is 0.884. The molecule has 0 spiro atoms. The van der Waals surface area contributed by atoms with Crippen molar-refractivity contribution in [3.63, 3.8) is 0 Å². The molecule has 2 rings (SSSR count). The van der Waals surface area contributed by atoms with Crippen molar-refractivity contribution in [1.82, 2.24) is 5.32 Å². The lowest BCUT2D eigenvalue weighted by Gasteiger charge is -2.15. The molecule has 0 aliphatic heterocycles. The zero-order valence-corrected chi connectivity index (χ0v) is 11.9. The SMILES string of the molecule is C[C@@H](Oc1ccccc1)C(=O)NCc1ccccc1Cl. The molecule has 2 aromatic rings. The summed E-state index contributed by atoms with van der Waals surface area (Å²) >= 11 is 6.03. The molecule has 0 bridgehead atoms. The predicted octanol–water partition coefficient (Wildman–Crippen LogP) is 3.42. The van der Waals surface area contributed by atoms with Crippen LogP contribution < -0.4 is 10.1 Å². The standard InChI is InChI=1S/C16H16ClNO2/c1-12(20-14-8-3-2-4-9-14)16(19)18-11-13-7-5-6-10-15(13)17/h2-10,12H,11H2,1H3,(H,18,19)/t12-/m1/s1. The minimum Gasteiger partial charge on any atom is -0.481 e. The Bertz CT molecular complexity index is 572. The summed E-state index contributed by atoms with van der Waals surface area (Å²) in [4.78, 5) is 12.0. The fraction of sp³-hybridized carbons (Fsp3) is 0.188. The second-order valence-electron chi connectivity index (χ2n) is 4.38. The van der Waals surface area contributed by atoms with Crippen molar-refractivity contribution in [2.24, 2.45) is 0 Å². The number of rotatable bonds is 5. The van der Waals surface area contributed by atoms with Crippen molar-refractivity contribution in [2.75, 3.05) is 0 Å². The first kappa shape index (κ1) is 14.4. The molecule has 1 N–H and O–H groups in total. The van der Waals surface area contributed by atoms with Crippen LogP contribution in [0.4, 0.5) is 0 Å². The molecule has 0 saturated carbocycles. The number of ether oxygens (including phenoxy) is 1. The van der Waals surface area contributed by atoms with Gasteiger partial charge in [-0.3, -0.25) is 4.79 Å². The molecule has 3 nitrogen and oxygen atoms in total. The van der Waals surface area contributed by atoms with E-state index in [1.165, 1.54) is 0 Å². The zero-order chi connectivity index (χ0) is 14.4. The van der Waals surface area contributed by atoms with Crippen LogP contribution >= 0.6 is 11.6 Å². The van der Waals surface area contributed by atoms with Crippen LogP contribution in [0.5, 0.6) is 5.75 Å². The lowest BCUT2D eigenvalue weighted by molar-refractivity contribution is -0.127. The Kier molecular flexibility index (Phi) is 5.02. The van der Waals surface area contributed by atoms with Gasteiger partial charge in [-0.05, 0) is 30.7 Å². The van der Waals surface area contributed by atoms with Gasteiger partial charge in [0.1, 0.15) is 5.75 Å². The number of carbonyl (C=O) groups is 1. The van der Waals surface area contributed by atoms with E-state index in [1.807, 2.05) is 48.5 Å². The van der Waals surface area contributed by atoms with Crippen molar-refractivity contribution >= 4 is 17.5 Å². The van der Waals surface area contributed by atoms with Gasteiger partial charge in [-0.2, -0.15) is 0 Å². The van der Waals surface area contributed by atoms with Gasteiger partial charge in [-0.15, -0.1) is 0 Å². The molecule has 1 amide bonds. The summed E-state index contributed by atoms with van der Waals surface area (Å²) in [7, 11) is 0. The van der Waals surface area contributed by atoms with E-state index in [4.69, 9.17) is 16.3 Å². The molecular weight excluding hydrogens is 274 g/mol. The number of para-hydroxylation sites is 1. The average Bonchev–Trinajstić information content (AvgIpc) is 2.47. The molecule has 0 aliphatic rings. The van der Waals surface area contributed by atoms with E-state index < -0.39 is 6.10 Å². The molecule has 0 aromatic heterocycles. The van der Waals surface area contributed by atoms with Crippen LogP contribution in [0.25, 0.3) is 0 Å². The first-order valence-corrected chi connectivity index (χ1v) is 6.77. The van der Waals surface area contributed by atoms with Crippen molar-refractivity contribution < 1.29 is 9.53 Å². The molecule has 0 heterocycles. The topological polar surface area (TPSA) is 38.3 Å². The van der Waals surface area contributed by atoms with Gasteiger partial charge < -0.3 is 10.1 Å². The summed E-state index contributed by atoms with van der Waals surface area (Å²) in [6.07, 6.45) is -0.556. The summed E-state index contributed by atoms with van der Waals surface area (Å²) < 4.78 is 5.55. The summed E-state index contributed by atoms with van der Waals surface area (Å²) in [5.74, 6) is 0.502. The third-order valence-corrected chi connectivity index (χ3v) is 3.20. The van der Waals surface area contributed by atoms with Crippen molar-refractivity contribution in [1.29, 1.82) is 0 Å². The fourth-order valence-electron chi connectivity index (χ4n) is 1.72. The molecule has 1 atom stereocenters. The Hall–Kier alpha value is -2.00. The van der Waals surface area contributed by atoms with Crippen molar-refractivity contribution in [3.8, 4) is 5.75 Å². The van der Waals surface area contributed by atoms with Gasteiger partial charge in [-0.25, -0.2) is 0 Å². The molecular formula is C16H16ClNO2. The zero-order valence-electron chi connectivity index (χ0n) is 11.2. The third-order valence-electron chi connectivity index (χ3n) is 2.84. The van der Waals surface area contributed by atoms with E-state index in [1.54, 1.807) is 13.0 Å². The largest absolute Gasteiger partial charge is 0.481 e. The smallest absolute Gasteiger partial charge is 0.261 e. The Morgan fingerprint density at radius 2 is 1.80 bits per heavy atom. The molecule has 0 aliphatic carbocycles. The van der Waals surface area contributed by atoms with E-state index >= 15 is 0 Å². The number of hydrogen-bond acceptors (Lipinski definition) is 2. The van der Waals surface area contributed by atoms with Crippen LogP contribution in [0.1, 0.15) is 12.5 Å². The molecule has 0 radical (unpaired) electrons. The van der Waals surface area contributed by atoms with E-state index in [9.17, 15) is 4.79 Å². The van der Waals surface area contributed by atoms with Gasteiger partial charge in [0.15, 0.2) is 6.10 Å². The maximum Gasteiger partial charge on any atom is 0.261 e. The highest BCUT2D eigenvalue weighted by Crippen LogP contribution is 2.15. The normalized spacial score (nSPS) is 11.7. The van der Waals surface area contributed by atoms with Gasteiger partial charge in [0.2, 0.25) is 0 Å². The number of nitrogens with one attached hydrogen (secondary N) is 1. The highest BCUT2D eigenvalue weighted by Gasteiger charge is 2.14. The van der Waals surface area contributed by atoms with Crippen LogP contribution in [-0.2, 0) is 11.3 Å². The van der Waals surface area contributed by atoms with E-state index in [0.29, 0.717) is 17.3 Å². The van der Waals surface area contributed by atoms with Gasteiger partial charge in [0, 0.05) is 11.6 Å². The van der Waals surface area contributed by atoms with Crippen LogP contribution in [0.2, 0.25) is 5.02 Å². The summed E-state index contributed by atoms with van der Waals surface area (Å²) in [6, 6.07) is 16.7. The quantitative estimate of drug-likeness (QED) is 0.916. The van der Waals surface area contributed by atoms with E-state index in [0.717, 1.165) is 5.56 Å². The van der Waals surface area contributed by atoms with Crippen LogP contribution in [0, 0.1) is 0 Å². The lowest BCUT2D eigenvalue weighted by Crippen LogP contribution is -2.35. The lowest BCUT2D eigenvalue weighted by atomic mass is 10.2. The Morgan fingerprint density at radius 1 is 1.15 bits per heavy atom. The second kappa shape index (κ2) is 6.96. The molecule has 104 valence electrons. The maximum atomic E-state index is 12.0. The monoisotopic (exact) mass is 289 g/mol. The predicted molar refractivity (Wildman–Crippen MR) is 79.8 cm³/mol. The third kappa shape index (κ3) is 4.00. The van der Waals surface area contributed by atoms with Gasteiger partial charge in [0.25, 0.3) is 5.91 Å². The highest BCUT2D eigenvalue weighted by atomic mass is 35.5. The summed E-state index contributed by atoms with van der Waals surface area (Å²) in [5, 5.41) is 3.45. The molecule has 4 heteroatoms. The molecule has 20 heavy (non-hydrogen) atoms. The van der Waals surface area contributed by atoms with Gasteiger partial charge in [0.05, 0.1) is 0 Å². The number of amides is 1. The number of hydrogen-bond donors (Lipinski definition) is 1. The number of halogens is 1. The molecule has 0 fully saturated rings. The summed E-state index contributed by atoms with van der Waals surface area (Å²) in [6.45, 7) is 2.11. The number of benzene rings is 2. The van der Waals surface area contributed by atoms with Crippen LogP contribution in [0.15, 0.2) is 54.6 Å². The number of carbonyl (C=O) groups excluding carboxylic acids is 1. The minimum atomic E-state index is -0.556. The van der Waals surface area contributed by atoms with Crippen molar-refractivity contribution in [3.05, 3.63) is 65.2 Å².